The molecule has 7 heteroatoms. The van der Waals surface area contributed by atoms with Crippen LogP contribution in [-0.4, -0.2) is 41.0 Å². The number of hydrogen-bond donors (Lipinski definition) is 0. The molecule has 1 aromatic heterocycles. The van der Waals surface area contributed by atoms with Gasteiger partial charge in [-0.05, 0) is 37.8 Å². The van der Waals surface area contributed by atoms with E-state index in [-0.39, 0.29) is 34.4 Å². The van der Waals surface area contributed by atoms with E-state index in [2.05, 4.69) is 11.9 Å². The van der Waals surface area contributed by atoms with Crippen molar-refractivity contribution in [1.82, 2.24) is 9.88 Å². The molecule has 0 spiro atoms. The smallest absolute Gasteiger partial charge is 0.359 e. The van der Waals surface area contributed by atoms with Gasteiger partial charge in [0, 0.05) is 12.6 Å². The van der Waals surface area contributed by atoms with Gasteiger partial charge in [0.25, 0.3) is 5.91 Å². The molecule has 120 valence electrons. The number of nitrogens with zero attached hydrogens (tertiary/aromatic N) is 2. The molecule has 1 fully saturated rings. The van der Waals surface area contributed by atoms with Gasteiger partial charge in [-0.3, -0.25) is 4.79 Å². The van der Waals surface area contributed by atoms with Crippen LogP contribution in [0.25, 0.3) is 0 Å². The molecule has 22 heavy (non-hydrogen) atoms. The lowest BCUT2D eigenvalue weighted by atomic mass is 10.00. The van der Waals surface area contributed by atoms with Gasteiger partial charge in [0.15, 0.2) is 12.3 Å². The van der Waals surface area contributed by atoms with Crippen molar-refractivity contribution in [2.24, 2.45) is 0 Å². The van der Waals surface area contributed by atoms with E-state index < -0.39 is 5.97 Å². The van der Waals surface area contributed by atoms with Gasteiger partial charge in [-0.2, -0.15) is 0 Å². The predicted molar refractivity (Wildman–Crippen MR) is 84.2 cm³/mol. The van der Waals surface area contributed by atoms with E-state index in [9.17, 15) is 9.59 Å². The second-order valence-electron chi connectivity index (χ2n) is 5.19. The van der Waals surface area contributed by atoms with Crippen LogP contribution < -0.4 is 0 Å². The van der Waals surface area contributed by atoms with E-state index in [0.29, 0.717) is 6.54 Å². The van der Waals surface area contributed by atoms with Crippen LogP contribution in [0.3, 0.4) is 0 Å². The van der Waals surface area contributed by atoms with Crippen molar-refractivity contribution in [1.29, 1.82) is 0 Å². The Morgan fingerprint density at radius 1 is 1.36 bits per heavy atom. The van der Waals surface area contributed by atoms with Crippen molar-refractivity contribution >= 4 is 35.1 Å². The number of likely N-dealkylation sites (tertiary alicyclic amines) is 1. The maximum absolute atomic E-state index is 12.2. The van der Waals surface area contributed by atoms with Crippen molar-refractivity contribution in [2.45, 2.75) is 38.6 Å². The number of esters is 1. The summed E-state index contributed by atoms with van der Waals surface area (Å²) in [6.45, 7) is 2.46. The van der Waals surface area contributed by atoms with Crippen molar-refractivity contribution < 1.29 is 14.3 Å². The molecule has 0 aromatic carbocycles. The van der Waals surface area contributed by atoms with Gasteiger partial charge in [0.05, 0.1) is 5.02 Å². The molecule has 0 radical (unpaired) electrons. The van der Waals surface area contributed by atoms with Gasteiger partial charge in [-0.1, -0.05) is 30.1 Å². The summed E-state index contributed by atoms with van der Waals surface area (Å²) >= 11 is 11.6. The molecule has 0 unspecified atom stereocenters. The van der Waals surface area contributed by atoms with Crippen molar-refractivity contribution in [3.63, 3.8) is 0 Å². The Kier molecular flexibility index (Phi) is 6.03. The molecule has 1 aliphatic rings. The number of halogens is 2. The minimum absolute atomic E-state index is 0.0762. The van der Waals surface area contributed by atoms with Crippen LogP contribution >= 0.6 is 23.2 Å². The summed E-state index contributed by atoms with van der Waals surface area (Å²) in [4.78, 5) is 29.8. The topological polar surface area (TPSA) is 59.5 Å². The second-order valence-corrected chi connectivity index (χ2v) is 5.98. The highest BCUT2D eigenvalue weighted by Gasteiger charge is 2.26. The fourth-order valence-corrected chi connectivity index (χ4v) is 2.92. The Labute approximate surface area is 139 Å². The van der Waals surface area contributed by atoms with Crippen LogP contribution in [0.4, 0.5) is 0 Å². The van der Waals surface area contributed by atoms with Crippen molar-refractivity contribution in [3.05, 3.63) is 28.0 Å². The Balaban J connectivity index is 1.95. The third kappa shape index (κ3) is 4.11. The molecule has 1 saturated heterocycles. The summed E-state index contributed by atoms with van der Waals surface area (Å²) in [5.74, 6) is -0.927. The first-order valence-electron chi connectivity index (χ1n) is 7.31. The third-order valence-electron chi connectivity index (χ3n) is 3.75. The van der Waals surface area contributed by atoms with Gasteiger partial charge in [-0.15, -0.1) is 0 Å². The minimum Gasteiger partial charge on any atom is -0.451 e. The third-order valence-corrected chi connectivity index (χ3v) is 4.27. The molecule has 1 aromatic rings. The Hall–Kier alpha value is -1.33. The summed E-state index contributed by atoms with van der Waals surface area (Å²) in [6, 6.07) is 3.17. The molecule has 1 amide bonds. The number of rotatable bonds is 4. The highest BCUT2D eigenvalue weighted by Crippen LogP contribution is 2.20. The molecule has 2 rings (SSSR count). The van der Waals surface area contributed by atoms with Gasteiger partial charge in [0.1, 0.15) is 5.15 Å². The molecule has 0 aliphatic carbocycles. The molecule has 5 nitrogen and oxygen atoms in total. The Bertz CT molecular complexity index is 566. The lowest BCUT2D eigenvalue weighted by molar-refractivity contribution is -0.138. The maximum Gasteiger partial charge on any atom is 0.359 e. The molecular formula is C15H18Cl2N2O3. The van der Waals surface area contributed by atoms with Gasteiger partial charge >= 0.3 is 5.97 Å². The minimum atomic E-state index is -0.745. The van der Waals surface area contributed by atoms with Crippen LogP contribution in [0.2, 0.25) is 10.2 Å². The normalized spacial score (nSPS) is 18.1. The number of carbonyl (C=O) groups excluding carboxylic acids is 2. The van der Waals surface area contributed by atoms with E-state index in [4.69, 9.17) is 27.9 Å². The van der Waals surface area contributed by atoms with E-state index in [1.54, 1.807) is 4.90 Å². The number of hydrogen-bond acceptors (Lipinski definition) is 4. The first-order valence-corrected chi connectivity index (χ1v) is 8.07. The summed E-state index contributed by atoms with van der Waals surface area (Å²) in [7, 11) is 0. The molecule has 1 atom stereocenters. The van der Waals surface area contributed by atoms with E-state index in [1.165, 1.54) is 12.1 Å². The average Bonchev–Trinajstić information content (AvgIpc) is 2.54. The summed E-state index contributed by atoms with van der Waals surface area (Å²) in [6.07, 6.45) is 4.02. The fourth-order valence-electron chi connectivity index (χ4n) is 2.59. The van der Waals surface area contributed by atoms with Crippen LogP contribution in [0.5, 0.6) is 0 Å². The molecule has 0 saturated carbocycles. The average molecular weight is 345 g/mol. The monoisotopic (exact) mass is 344 g/mol. The molecular weight excluding hydrogens is 327 g/mol. The lowest BCUT2D eigenvalue weighted by Crippen LogP contribution is -2.45. The quantitative estimate of drug-likeness (QED) is 0.620. The highest BCUT2D eigenvalue weighted by molar-refractivity contribution is 6.34. The Morgan fingerprint density at radius 2 is 2.14 bits per heavy atom. The van der Waals surface area contributed by atoms with Gasteiger partial charge < -0.3 is 9.64 Å². The molecule has 2 heterocycles. The lowest BCUT2D eigenvalue weighted by Gasteiger charge is -2.35. The summed E-state index contributed by atoms with van der Waals surface area (Å²) in [5, 5.41) is 0.288. The largest absolute Gasteiger partial charge is 0.451 e. The number of pyridine rings is 1. The number of aromatic nitrogens is 1. The number of ether oxygens (including phenoxy) is 1. The zero-order chi connectivity index (χ0) is 16.1. The first kappa shape index (κ1) is 17.0. The standard InChI is InChI=1S/C15H18Cl2N2O3/c1-2-10-5-3-4-8-19(10)13(20)9-22-15(21)14-11(16)6-7-12(17)18-14/h6-7,10H,2-5,8-9H2,1H3/t10-/m1/s1. The zero-order valence-corrected chi connectivity index (χ0v) is 13.9. The highest BCUT2D eigenvalue weighted by atomic mass is 35.5. The van der Waals surface area contributed by atoms with Gasteiger partial charge in [0.2, 0.25) is 0 Å². The number of piperidine rings is 1. The second kappa shape index (κ2) is 7.79. The Morgan fingerprint density at radius 3 is 2.86 bits per heavy atom. The van der Waals surface area contributed by atoms with Crippen LogP contribution in [0.15, 0.2) is 12.1 Å². The molecule has 0 bridgehead atoms. The van der Waals surface area contributed by atoms with E-state index >= 15 is 0 Å². The molecule has 1 aliphatic heterocycles. The van der Waals surface area contributed by atoms with Crippen molar-refractivity contribution in [3.8, 4) is 0 Å². The zero-order valence-electron chi connectivity index (χ0n) is 12.3. The van der Waals surface area contributed by atoms with E-state index in [1.807, 2.05) is 0 Å². The SMILES string of the molecule is CC[C@@H]1CCCCN1C(=O)COC(=O)c1nc(Cl)ccc1Cl. The van der Waals surface area contributed by atoms with Gasteiger partial charge in [-0.25, -0.2) is 9.78 Å². The fraction of sp³-hybridized carbons (Fsp3) is 0.533. The number of carbonyl (C=O) groups is 2. The summed E-state index contributed by atoms with van der Waals surface area (Å²) < 4.78 is 5.04. The van der Waals surface area contributed by atoms with E-state index in [0.717, 1.165) is 25.7 Å². The van der Waals surface area contributed by atoms with Crippen molar-refractivity contribution in [2.75, 3.05) is 13.2 Å². The van der Waals surface area contributed by atoms with Crippen LogP contribution in [0, 0.1) is 0 Å². The predicted octanol–water partition coefficient (Wildman–Crippen LogP) is 3.34. The number of amides is 1. The van der Waals surface area contributed by atoms with Crippen LogP contribution in [-0.2, 0) is 9.53 Å². The first-order chi connectivity index (χ1) is 10.5. The van der Waals surface area contributed by atoms with Crippen LogP contribution in [0.1, 0.15) is 43.1 Å². The molecule has 0 N–H and O–H groups in total. The summed E-state index contributed by atoms with van der Waals surface area (Å²) in [5.41, 5.74) is -0.0762. The maximum atomic E-state index is 12.2.